The predicted molar refractivity (Wildman–Crippen MR) is 71.5 cm³/mol. The van der Waals surface area contributed by atoms with Crippen molar-refractivity contribution in [2.24, 2.45) is 5.41 Å². The first kappa shape index (κ1) is 12.9. The van der Waals surface area contributed by atoms with Gasteiger partial charge in [0.2, 0.25) is 0 Å². The second-order valence-corrected chi connectivity index (χ2v) is 5.26. The van der Waals surface area contributed by atoms with Gasteiger partial charge < -0.3 is 10.1 Å². The molecule has 0 unspecified atom stereocenters. The number of rotatable bonds is 5. The molecule has 0 aliphatic heterocycles. The van der Waals surface area contributed by atoms with Crippen LogP contribution in [0.15, 0.2) is 12.1 Å². The first-order chi connectivity index (χ1) is 8.60. The average Bonchev–Trinajstić information content (AvgIpc) is 3.12. The normalized spacial score (nSPS) is 16.1. The van der Waals surface area contributed by atoms with Crippen molar-refractivity contribution in [3.05, 3.63) is 28.8 Å². The quantitative estimate of drug-likeness (QED) is 0.866. The van der Waals surface area contributed by atoms with E-state index in [4.69, 9.17) is 10.00 Å². The first-order valence-electron chi connectivity index (χ1n) is 6.36. The molecular weight excluding hydrogens is 224 g/mol. The molecular formula is C15H20N2O. The van der Waals surface area contributed by atoms with Crippen molar-refractivity contribution in [1.29, 1.82) is 5.26 Å². The van der Waals surface area contributed by atoms with Crippen LogP contribution in [-0.4, -0.2) is 13.7 Å². The standard InChI is InChI=1S/C15H20N2O/c1-11-6-12(2)13(14(7-11)18-3)8-17-10-15(9-16)4-5-15/h6-7,17H,4-5,8,10H2,1-3H3. The van der Waals surface area contributed by atoms with Gasteiger partial charge in [0.05, 0.1) is 18.6 Å². The molecule has 0 amide bonds. The Morgan fingerprint density at radius 3 is 2.67 bits per heavy atom. The van der Waals surface area contributed by atoms with Crippen molar-refractivity contribution in [1.82, 2.24) is 5.32 Å². The average molecular weight is 244 g/mol. The summed E-state index contributed by atoms with van der Waals surface area (Å²) in [4.78, 5) is 0. The van der Waals surface area contributed by atoms with Crippen molar-refractivity contribution in [3.63, 3.8) is 0 Å². The lowest BCUT2D eigenvalue weighted by atomic mass is 10.0. The molecule has 0 spiro atoms. The summed E-state index contributed by atoms with van der Waals surface area (Å²) >= 11 is 0. The lowest BCUT2D eigenvalue weighted by Crippen LogP contribution is -2.23. The smallest absolute Gasteiger partial charge is 0.123 e. The van der Waals surface area contributed by atoms with Crippen LogP contribution in [0.5, 0.6) is 5.75 Å². The van der Waals surface area contributed by atoms with Crippen LogP contribution >= 0.6 is 0 Å². The molecule has 2 rings (SSSR count). The van der Waals surface area contributed by atoms with Gasteiger partial charge in [0.15, 0.2) is 0 Å². The number of ether oxygens (including phenoxy) is 1. The second kappa shape index (κ2) is 4.99. The summed E-state index contributed by atoms with van der Waals surface area (Å²) < 4.78 is 5.43. The fourth-order valence-electron chi connectivity index (χ4n) is 2.27. The van der Waals surface area contributed by atoms with Crippen LogP contribution in [0.3, 0.4) is 0 Å². The Labute approximate surface area is 109 Å². The topological polar surface area (TPSA) is 45.0 Å². The van der Waals surface area contributed by atoms with E-state index in [-0.39, 0.29) is 5.41 Å². The molecule has 96 valence electrons. The van der Waals surface area contributed by atoms with Gasteiger partial charge in [0.1, 0.15) is 5.75 Å². The van der Waals surface area contributed by atoms with Crippen LogP contribution in [0.4, 0.5) is 0 Å². The Kier molecular flexibility index (Phi) is 3.58. The van der Waals surface area contributed by atoms with Crippen LogP contribution in [0.1, 0.15) is 29.5 Å². The summed E-state index contributed by atoms with van der Waals surface area (Å²) in [6, 6.07) is 6.62. The monoisotopic (exact) mass is 244 g/mol. The Hall–Kier alpha value is -1.53. The van der Waals surface area contributed by atoms with E-state index in [0.29, 0.717) is 0 Å². The van der Waals surface area contributed by atoms with Gasteiger partial charge >= 0.3 is 0 Å². The lowest BCUT2D eigenvalue weighted by Gasteiger charge is -2.14. The number of hydrogen-bond acceptors (Lipinski definition) is 3. The third-order valence-electron chi connectivity index (χ3n) is 3.65. The zero-order valence-corrected chi connectivity index (χ0v) is 11.3. The van der Waals surface area contributed by atoms with E-state index in [1.54, 1.807) is 7.11 Å². The second-order valence-electron chi connectivity index (χ2n) is 5.26. The molecule has 1 N–H and O–H groups in total. The summed E-state index contributed by atoms with van der Waals surface area (Å²) in [5.41, 5.74) is 3.55. The number of methoxy groups -OCH3 is 1. The van der Waals surface area contributed by atoms with E-state index >= 15 is 0 Å². The van der Waals surface area contributed by atoms with Crippen LogP contribution in [0.2, 0.25) is 0 Å². The van der Waals surface area contributed by atoms with Gasteiger partial charge in [-0.1, -0.05) is 6.07 Å². The lowest BCUT2D eigenvalue weighted by molar-refractivity contribution is 0.405. The van der Waals surface area contributed by atoms with Gasteiger partial charge in [0.25, 0.3) is 0 Å². The van der Waals surface area contributed by atoms with Gasteiger partial charge in [0, 0.05) is 18.7 Å². The highest BCUT2D eigenvalue weighted by Crippen LogP contribution is 2.44. The molecule has 0 bridgehead atoms. The third-order valence-corrected chi connectivity index (χ3v) is 3.65. The van der Waals surface area contributed by atoms with Crippen molar-refractivity contribution < 1.29 is 4.74 Å². The van der Waals surface area contributed by atoms with Gasteiger partial charge in [-0.3, -0.25) is 0 Å². The van der Waals surface area contributed by atoms with Gasteiger partial charge in [-0.15, -0.1) is 0 Å². The number of benzene rings is 1. The van der Waals surface area contributed by atoms with Crippen molar-refractivity contribution in [3.8, 4) is 11.8 Å². The minimum atomic E-state index is -0.0914. The maximum atomic E-state index is 9.03. The highest BCUT2D eigenvalue weighted by atomic mass is 16.5. The van der Waals surface area contributed by atoms with E-state index in [1.165, 1.54) is 16.7 Å². The molecule has 0 aromatic heterocycles. The summed E-state index contributed by atoms with van der Waals surface area (Å²) in [5.74, 6) is 0.932. The van der Waals surface area contributed by atoms with E-state index in [2.05, 4.69) is 37.4 Å². The van der Waals surface area contributed by atoms with Crippen LogP contribution in [0.25, 0.3) is 0 Å². The van der Waals surface area contributed by atoms with Crippen molar-refractivity contribution in [2.75, 3.05) is 13.7 Å². The first-order valence-corrected chi connectivity index (χ1v) is 6.36. The van der Waals surface area contributed by atoms with E-state index in [9.17, 15) is 0 Å². The van der Waals surface area contributed by atoms with E-state index in [1.807, 2.05) is 0 Å². The highest BCUT2D eigenvalue weighted by molar-refractivity contribution is 5.43. The SMILES string of the molecule is COc1cc(C)cc(C)c1CNCC1(C#N)CC1. The van der Waals surface area contributed by atoms with Crippen LogP contribution in [0, 0.1) is 30.6 Å². The molecule has 0 atom stereocenters. The summed E-state index contributed by atoms with van der Waals surface area (Å²) in [7, 11) is 1.70. The van der Waals surface area contributed by atoms with Gasteiger partial charge in [-0.25, -0.2) is 0 Å². The van der Waals surface area contributed by atoms with E-state index < -0.39 is 0 Å². The number of nitriles is 1. The molecule has 1 aliphatic carbocycles. The molecule has 18 heavy (non-hydrogen) atoms. The molecule has 1 aromatic rings. The fraction of sp³-hybridized carbons (Fsp3) is 0.533. The number of aryl methyl sites for hydroxylation is 2. The predicted octanol–water partition coefficient (Wildman–Crippen LogP) is 2.71. The summed E-state index contributed by atoms with van der Waals surface area (Å²) in [5, 5.41) is 12.4. The fourth-order valence-corrected chi connectivity index (χ4v) is 2.27. The minimum absolute atomic E-state index is 0.0914. The Bertz CT molecular complexity index is 484. The van der Waals surface area contributed by atoms with E-state index in [0.717, 1.165) is 31.7 Å². The molecule has 1 saturated carbocycles. The van der Waals surface area contributed by atoms with Crippen molar-refractivity contribution in [2.45, 2.75) is 33.2 Å². The maximum Gasteiger partial charge on any atom is 0.123 e. The Morgan fingerprint density at radius 1 is 1.39 bits per heavy atom. The molecule has 0 saturated heterocycles. The minimum Gasteiger partial charge on any atom is -0.496 e. The zero-order chi connectivity index (χ0) is 13.2. The van der Waals surface area contributed by atoms with Gasteiger partial charge in [-0.05, 0) is 43.9 Å². The Morgan fingerprint density at radius 2 is 2.11 bits per heavy atom. The highest BCUT2D eigenvalue weighted by Gasteiger charge is 2.42. The molecule has 1 aromatic carbocycles. The Balaban J connectivity index is 2.03. The number of nitrogens with zero attached hydrogens (tertiary/aromatic N) is 1. The molecule has 1 aliphatic rings. The number of hydrogen-bond donors (Lipinski definition) is 1. The maximum absolute atomic E-state index is 9.03. The molecule has 3 heteroatoms. The van der Waals surface area contributed by atoms with Crippen LogP contribution in [-0.2, 0) is 6.54 Å². The van der Waals surface area contributed by atoms with Gasteiger partial charge in [-0.2, -0.15) is 5.26 Å². The third kappa shape index (κ3) is 2.65. The van der Waals surface area contributed by atoms with Crippen molar-refractivity contribution >= 4 is 0 Å². The molecule has 3 nitrogen and oxygen atoms in total. The summed E-state index contributed by atoms with van der Waals surface area (Å²) in [6.45, 7) is 5.71. The molecule has 1 fully saturated rings. The summed E-state index contributed by atoms with van der Waals surface area (Å²) in [6.07, 6.45) is 2.06. The largest absolute Gasteiger partial charge is 0.496 e. The molecule has 0 radical (unpaired) electrons. The number of nitrogens with one attached hydrogen (secondary N) is 1. The zero-order valence-electron chi connectivity index (χ0n) is 11.3. The van der Waals surface area contributed by atoms with Crippen LogP contribution < -0.4 is 10.1 Å². The molecule has 0 heterocycles.